The molecule has 224 valence electrons. The van der Waals surface area contributed by atoms with Crippen molar-refractivity contribution in [3.8, 4) is 0 Å². The van der Waals surface area contributed by atoms with Gasteiger partial charge in [0.2, 0.25) is 0 Å². The van der Waals surface area contributed by atoms with E-state index in [9.17, 15) is 29.4 Å². The molecule has 2 bridgehead atoms. The van der Waals surface area contributed by atoms with Crippen molar-refractivity contribution < 1.29 is 48.3 Å². The summed E-state index contributed by atoms with van der Waals surface area (Å²) in [5.74, 6) is -3.82. The number of Topliss-reactive ketones (excluding diaryl/α,β-unsaturated/α-hetero) is 1. The molecule has 0 radical (unpaired) electrons. The predicted molar refractivity (Wildman–Crippen MR) is 145 cm³/mol. The summed E-state index contributed by atoms with van der Waals surface area (Å²) in [7, 11) is 0. The number of ether oxygens (including phenoxy) is 4. The van der Waals surface area contributed by atoms with Crippen molar-refractivity contribution in [2.45, 2.75) is 90.8 Å². The van der Waals surface area contributed by atoms with Crippen molar-refractivity contribution in [2.75, 3.05) is 13.2 Å². The molecule has 7 atom stereocenters. The van der Waals surface area contributed by atoms with E-state index in [1.807, 2.05) is 0 Å². The number of rotatable bonds is 4. The van der Waals surface area contributed by atoms with Crippen molar-refractivity contribution in [1.82, 2.24) is 0 Å². The molecule has 0 unspecified atom stereocenters. The lowest BCUT2D eigenvalue weighted by molar-refractivity contribution is -0.233. The monoisotopic (exact) mass is 572 g/mol. The first-order valence-electron chi connectivity index (χ1n) is 14.0. The molecule has 1 aromatic rings. The molecule has 2 fully saturated rings. The van der Waals surface area contributed by atoms with Crippen LogP contribution in [0.4, 0.5) is 0 Å². The summed E-state index contributed by atoms with van der Waals surface area (Å²) in [6, 6.07) is 8.20. The van der Waals surface area contributed by atoms with Crippen LogP contribution in [0.3, 0.4) is 0 Å². The van der Waals surface area contributed by atoms with Crippen LogP contribution in [0, 0.1) is 16.7 Å². The Bertz CT molecular complexity index is 1240. The van der Waals surface area contributed by atoms with Gasteiger partial charge in [-0.2, -0.15) is 0 Å². The standard InChI is InChI=1S/C31H40O10/c1-17-21(34)15-31(37)26(41-28(36)20-11-8-7-9-12-20)24-22(35)16-38-14-10-13-30(24,6)27(40-19(3)33)25(39-18(2)32)23(17)29(31,4)5/h7-9,11-12,21,24-27,34,37H,10,13-16H2,1-6H3/t21-,24-,25+,26-,27-,30+,31+/m0/s1. The van der Waals surface area contributed by atoms with E-state index in [1.54, 1.807) is 58.0 Å². The van der Waals surface area contributed by atoms with Crippen LogP contribution in [0.15, 0.2) is 41.5 Å². The molecule has 1 aromatic carbocycles. The molecule has 1 heterocycles. The van der Waals surface area contributed by atoms with Gasteiger partial charge in [-0.3, -0.25) is 14.4 Å². The molecule has 10 nitrogen and oxygen atoms in total. The van der Waals surface area contributed by atoms with Crippen molar-refractivity contribution in [3.63, 3.8) is 0 Å². The second-order valence-corrected chi connectivity index (χ2v) is 12.2. The van der Waals surface area contributed by atoms with Crippen molar-refractivity contribution in [3.05, 3.63) is 47.0 Å². The zero-order valence-corrected chi connectivity index (χ0v) is 24.5. The first-order chi connectivity index (χ1) is 19.1. The molecule has 0 spiro atoms. The Balaban J connectivity index is 2.07. The van der Waals surface area contributed by atoms with Gasteiger partial charge in [0.25, 0.3) is 0 Å². The Morgan fingerprint density at radius 1 is 0.976 bits per heavy atom. The summed E-state index contributed by atoms with van der Waals surface area (Å²) >= 11 is 0. The molecule has 0 aromatic heterocycles. The van der Waals surface area contributed by atoms with Gasteiger partial charge in [-0.15, -0.1) is 0 Å². The maximum atomic E-state index is 14.1. The fourth-order valence-corrected chi connectivity index (χ4v) is 7.21. The van der Waals surface area contributed by atoms with Gasteiger partial charge in [0.1, 0.15) is 24.4 Å². The Kier molecular flexibility index (Phi) is 8.51. The van der Waals surface area contributed by atoms with E-state index < -0.39 is 70.5 Å². The van der Waals surface area contributed by atoms with E-state index in [2.05, 4.69) is 0 Å². The highest BCUT2D eigenvalue weighted by atomic mass is 16.6. The van der Waals surface area contributed by atoms with Crippen molar-refractivity contribution in [2.24, 2.45) is 16.7 Å². The Hall–Kier alpha value is -3.08. The second kappa shape index (κ2) is 11.3. The molecular formula is C31H40O10. The lowest BCUT2D eigenvalue weighted by Crippen LogP contribution is -2.71. The number of hydrogen-bond acceptors (Lipinski definition) is 10. The number of hydrogen-bond donors (Lipinski definition) is 2. The van der Waals surface area contributed by atoms with E-state index in [4.69, 9.17) is 18.9 Å². The summed E-state index contributed by atoms with van der Waals surface area (Å²) in [6.45, 7) is 9.16. The number of fused-ring (bicyclic) bond motifs is 3. The van der Waals surface area contributed by atoms with Gasteiger partial charge in [-0.25, -0.2) is 4.79 Å². The molecule has 2 N–H and O–H groups in total. The van der Waals surface area contributed by atoms with E-state index >= 15 is 0 Å². The molecular weight excluding hydrogens is 532 g/mol. The first-order valence-corrected chi connectivity index (χ1v) is 14.0. The van der Waals surface area contributed by atoms with Crippen LogP contribution in [-0.2, 0) is 33.3 Å². The fourth-order valence-electron chi connectivity index (χ4n) is 7.21. The average molecular weight is 573 g/mol. The number of esters is 3. The lowest BCUT2D eigenvalue weighted by atomic mass is 9.49. The maximum Gasteiger partial charge on any atom is 0.338 e. The number of carbonyl (C=O) groups excluding carboxylic acids is 4. The quantitative estimate of drug-likeness (QED) is 0.314. The molecule has 10 heteroatoms. The van der Waals surface area contributed by atoms with E-state index in [1.165, 1.54) is 13.8 Å². The number of ketones is 1. The molecule has 4 rings (SSSR count). The SMILES string of the molecule is CC(=O)O[C@@H]1C2=C(C)[C@@H](O)C[C@@](O)([C@@H](OC(=O)c3ccccc3)[C@@H]3C(=O)COCCC[C@@]3(C)[C@H]1OC(C)=O)C2(C)C. The topological polar surface area (TPSA) is 146 Å². The van der Waals surface area contributed by atoms with Crippen LogP contribution in [0.5, 0.6) is 0 Å². The average Bonchev–Trinajstić information content (AvgIpc) is 2.88. The minimum atomic E-state index is -2.01. The van der Waals surface area contributed by atoms with E-state index in [-0.39, 0.29) is 31.6 Å². The van der Waals surface area contributed by atoms with Crippen LogP contribution < -0.4 is 0 Å². The third kappa shape index (κ3) is 5.33. The molecule has 0 amide bonds. The zero-order chi connectivity index (χ0) is 30.3. The van der Waals surface area contributed by atoms with Crippen molar-refractivity contribution in [1.29, 1.82) is 0 Å². The van der Waals surface area contributed by atoms with E-state index in [0.717, 1.165) is 0 Å². The summed E-state index contributed by atoms with van der Waals surface area (Å²) in [6.07, 6.45) is -4.73. The normalized spacial score (nSPS) is 35.1. The van der Waals surface area contributed by atoms with Crippen molar-refractivity contribution >= 4 is 23.7 Å². The molecule has 1 saturated heterocycles. The molecule has 1 saturated carbocycles. The lowest BCUT2D eigenvalue weighted by Gasteiger charge is -2.61. The Morgan fingerprint density at radius 2 is 1.61 bits per heavy atom. The largest absolute Gasteiger partial charge is 0.458 e. The summed E-state index contributed by atoms with van der Waals surface area (Å²) in [5, 5.41) is 24.0. The van der Waals surface area contributed by atoms with E-state index in [0.29, 0.717) is 17.6 Å². The Morgan fingerprint density at radius 3 is 2.22 bits per heavy atom. The third-order valence-corrected chi connectivity index (χ3v) is 9.30. The number of carbonyl (C=O) groups is 4. The van der Waals surface area contributed by atoms with Gasteiger partial charge in [0.15, 0.2) is 11.9 Å². The fraction of sp³-hybridized carbons (Fsp3) is 0.613. The highest BCUT2D eigenvalue weighted by Crippen LogP contribution is 2.60. The number of aliphatic hydroxyl groups excluding tert-OH is 1. The van der Waals surface area contributed by atoms with Crippen LogP contribution in [0.2, 0.25) is 0 Å². The summed E-state index contributed by atoms with van der Waals surface area (Å²) in [5.41, 5.74) is -3.62. The van der Waals surface area contributed by atoms with Gasteiger partial charge in [-0.1, -0.05) is 39.0 Å². The van der Waals surface area contributed by atoms with Crippen LogP contribution in [0.1, 0.15) is 71.2 Å². The van der Waals surface area contributed by atoms with Gasteiger partial charge in [0.05, 0.1) is 17.6 Å². The van der Waals surface area contributed by atoms with Crippen LogP contribution >= 0.6 is 0 Å². The Labute approximate surface area is 240 Å². The number of aliphatic hydroxyl groups is 2. The number of benzene rings is 1. The molecule has 41 heavy (non-hydrogen) atoms. The molecule has 1 aliphatic heterocycles. The van der Waals surface area contributed by atoms with Gasteiger partial charge in [-0.05, 0) is 43.0 Å². The third-order valence-electron chi connectivity index (χ3n) is 9.30. The zero-order valence-electron chi connectivity index (χ0n) is 24.5. The summed E-state index contributed by atoms with van der Waals surface area (Å²) < 4.78 is 23.6. The van der Waals surface area contributed by atoms with Crippen LogP contribution in [-0.4, -0.2) is 77.1 Å². The highest BCUT2D eigenvalue weighted by molar-refractivity contribution is 5.90. The van der Waals surface area contributed by atoms with Gasteiger partial charge >= 0.3 is 17.9 Å². The van der Waals surface area contributed by atoms with Crippen LogP contribution in [0.25, 0.3) is 0 Å². The highest BCUT2D eigenvalue weighted by Gasteiger charge is 2.69. The molecule has 3 aliphatic rings. The maximum absolute atomic E-state index is 14.1. The predicted octanol–water partition coefficient (Wildman–Crippen LogP) is 2.93. The van der Waals surface area contributed by atoms with Gasteiger partial charge < -0.3 is 29.2 Å². The second-order valence-electron chi connectivity index (χ2n) is 12.2. The molecule has 2 aliphatic carbocycles. The summed E-state index contributed by atoms with van der Waals surface area (Å²) in [4.78, 5) is 52.8. The van der Waals surface area contributed by atoms with Gasteiger partial charge in [0, 0.05) is 37.7 Å². The smallest absolute Gasteiger partial charge is 0.338 e. The minimum absolute atomic E-state index is 0.213. The first kappa shape index (κ1) is 30.9. The minimum Gasteiger partial charge on any atom is -0.458 e.